The number of nitrogens with one attached hydrogen (secondary N) is 3. The van der Waals surface area contributed by atoms with E-state index in [1.165, 1.54) is 0 Å². The summed E-state index contributed by atoms with van der Waals surface area (Å²) in [5, 5.41) is 5.58. The maximum Gasteiger partial charge on any atom is 0.233 e. The third-order valence-electron chi connectivity index (χ3n) is 2.28. The van der Waals surface area contributed by atoms with Crippen molar-refractivity contribution in [1.29, 1.82) is 0 Å². The van der Waals surface area contributed by atoms with Crippen LogP contribution in [0, 0.1) is 0 Å². The molecule has 0 aliphatic carbocycles. The highest BCUT2D eigenvalue weighted by Crippen LogP contribution is 1.86. The Bertz CT molecular complexity index is 317. The molecule has 6 nitrogen and oxygen atoms in total. The van der Waals surface area contributed by atoms with Crippen LogP contribution in [0.25, 0.3) is 0 Å². The first-order chi connectivity index (χ1) is 7.91. The molecule has 0 saturated carbocycles. The van der Waals surface area contributed by atoms with E-state index in [0.717, 1.165) is 6.42 Å². The lowest BCUT2D eigenvalue weighted by atomic mass is 10.2. The molecule has 0 radical (unpaired) electrons. The van der Waals surface area contributed by atoms with Crippen LogP contribution in [0.15, 0.2) is 0 Å². The van der Waals surface area contributed by atoms with Crippen molar-refractivity contribution in [3.05, 3.63) is 0 Å². The van der Waals surface area contributed by atoms with Crippen molar-refractivity contribution in [3.8, 4) is 0 Å². The van der Waals surface area contributed by atoms with Gasteiger partial charge in [-0.3, -0.25) is 4.79 Å². The fourth-order valence-corrected chi connectivity index (χ4v) is 2.05. The number of rotatable bonds is 9. The van der Waals surface area contributed by atoms with Crippen molar-refractivity contribution in [2.45, 2.75) is 33.2 Å². The zero-order valence-corrected chi connectivity index (χ0v) is 11.6. The van der Waals surface area contributed by atoms with E-state index in [0.29, 0.717) is 6.54 Å². The Morgan fingerprint density at radius 2 is 1.94 bits per heavy atom. The summed E-state index contributed by atoms with van der Waals surface area (Å²) >= 11 is 0. The highest BCUT2D eigenvalue weighted by molar-refractivity contribution is 7.89. The molecular weight excluding hydrogens is 242 g/mol. The number of carbonyl (C=O) groups excluding carboxylic acids is 1. The molecular formula is C10H23N3O3S. The predicted octanol–water partition coefficient (Wildman–Crippen LogP) is -0.570. The second kappa shape index (κ2) is 8.43. The predicted molar refractivity (Wildman–Crippen MR) is 68.2 cm³/mol. The summed E-state index contributed by atoms with van der Waals surface area (Å²) in [6.45, 7) is 6.45. The van der Waals surface area contributed by atoms with Crippen molar-refractivity contribution in [3.63, 3.8) is 0 Å². The maximum atomic E-state index is 11.3. The van der Waals surface area contributed by atoms with Gasteiger partial charge in [-0.25, -0.2) is 13.1 Å². The molecule has 0 heterocycles. The standard InChI is InChI=1S/C10H23N3O3S/c1-4-9(3)12-8-10(14)11-6-7-17(15,16)13-5-2/h9,12-13H,4-8H2,1-3H3,(H,11,14). The number of amides is 1. The molecule has 1 amide bonds. The lowest BCUT2D eigenvalue weighted by Crippen LogP contribution is -2.40. The van der Waals surface area contributed by atoms with Gasteiger partial charge >= 0.3 is 0 Å². The SMILES string of the molecule is CCNS(=O)(=O)CCNC(=O)CNC(C)CC. The van der Waals surface area contributed by atoms with Gasteiger partial charge in [0.15, 0.2) is 0 Å². The molecule has 0 aliphatic heterocycles. The van der Waals surface area contributed by atoms with Crippen LogP contribution in [-0.4, -0.2) is 45.8 Å². The van der Waals surface area contributed by atoms with Crippen LogP contribution in [0.4, 0.5) is 0 Å². The molecule has 3 N–H and O–H groups in total. The van der Waals surface area contributed by atoms with Crippen LogP contribution < -0.4 is 15.4 Å². The lowest BCUT2D eigenvalue weighted by molar-refractivity contribution is -0.120. The average molecular weight is 265 g/mol. The summed E-state index contributed by atoms with van der Waals surface area (Å²) in [6.07, 6.45) is 0.947. The van der Waals surface area contributed by atoms with Gasteiger partial charge in [0, 0.05) is 19.1 Å². The van der Waals surface area contributed by atoms with E-state index in [4.69, 9.17) is 0 Å². The Labute approximate surface area is 104 Å². The van der Waals surface area contributed by atoms with Crippen LogP contribution in [0.3, 0.4) is 0 Å². The fraction of sp³-hybridized carbons (Fsp3) is 0.900. The van der Waals surface area contributed by atoms with Gasteiger partial charge in [-0.15, -0.1) is 0 Å². The maximum absolute atomic E-state index is 11.3. The zero-order chi connectivity index (χ0) is 13.3. The van der Waals surface area contributed by atoms with E-state index in [2.05, 4.69) is 15.4 Å². The summed E-state index contributed by atoms with van der Waals surface area (Å²) in [6, 6.07) is 0.284. The van der Waals surface area contributed by atoms with Gasteiger partial charge in [0.2, 0.25) is 15.9 Å². The molecule has 1 unspecified atom stereocenters. The van der Waals surface area contributed by atoms with E-state index in [1.54, 1.807) is 6.92 Å². The van der Waals surface area contributed by atoms with Gasteiger partial charge in [0.25, 0.3) is 0 Å². The van der Waals surface area contributed by atoms with Crippen molar-refractivity contribution in [1.82, 2.24) is 15.4 Å². The van der Waals surface area contributed by atoms with Crippen LogP contribution >= 0.6 is 0 Å². The quantitative estimate of drug-likeness (QED) is 0.521. The van der Waals surface area contributed by atoms with Crippen molar-refractivity contribution in [2.24, 2.45) is 0 Å². The summed E-state index contributed by atoms with van der Waals surface area (Å²) in [5.41, 5.74) is 0. The second-order valence-electron chi connectivity index (χ2n) is 3.86. The van der Waals surface area contributed by atoms with E-state index in [9.17, 15) is 13.2 Å². The first-order valence-electron chi connectivity index (χ1n) is 5.88. The lowest BCUT2D eigenvalue weighted by Gasteiger charge is -2.11. The van der Waals surface area contributed by atoms with Crippen LogP contribution in [-0.2, 0) is 14.8 Å². The highest BCUT2D eigenvalue weighted by Gasteiger charge is 2.09. The Hall–Kier alpha value is -0.660. The third-order valence-corrected chi connectivity index (χ3v) is 3.75. The zero-order valence-electron chi connectivity index (χ0n) is 10.7. The number of hydrogen-bond acceptors (Lipinski definition) is 4. The first kappa shape index (κ1) is 16.3. The minimum absolute atomic E-state index is 0.0874. The number of sulfonamides is 1. The summed E-state index contributed by atoms with van der Waals surface area (Å²) in [7, 11) is -3.25. The Kier molecular flexibility index (Phi) is 8.11. The smallest absolute Gasteiger partial charge is 0.233 e. The van der Waals surface area contributed by atoms with Gasteiger partial charge in [0.05, 0.1) is 12.3 Å². The molecule has 0 aromatic heterocycles. The van der Waals surface area contributed by atoms with E-state index in [-0.39, 0.29) is 30.8 Å². The topological polar surface area (TPSA) is 87.3 Å². The van der Waals surface area contributed by atoms with Crippen LogP contribution in [0.5, 0.6) is 0 Å². The summed E-state index contributed by atoms with van der Waals surface area (Å²) < 4.78 is 24.9. The van der Waals surface area contributed by atoms with Crippen LogP contribution in [0.2, 0.25) is 0 Å². The molecule has 0 aromatic carbocycles. The molecule has 0 rings (SSSR count). The Morgan fingerprint density at radius 1 is 1.29 bits per heavy atom. The minimum atomic E-state index is -3.25. The molecule has 0 spiro atoms. The Balaban J connectivity index is 3.71. The van der Waals surface area contributed by atoms with Gasteiger partial charge < -0.3 is 10.6 Å². The van der Waals surface area contributed by atoms with Crippen molar-refractivity contribution >= 4 is 15.9 Å². The number of hydrogen-bond donors (Lipinski definition) is 3. The summed E-state index contributed by atoms with van der Waals surface area (Å²) in [4.78, 5) is 11.3. The van der Waals surface area contributed by atoms with Gasteiger partial charge in [-0.05, 0) is 13.3 Å². The molecule has 0 fully saturated rings. The summed E-state index contributed by atoms with van der Waals surface area (Å²) in [5.74, 6) is -0.271. The first-order valence-corrected chi connectivity index (χ1v) is 7.54. The Morgan fingerprint density at radius 3 is 2.47 bits per heavy atom. The molecule has 0 bridgehead atoms. The van der Waals surface area contributed by atoms with E-state index in [1.807, 2.05) is 13.8 Å². The molecule has 1 atom stereocenters. The fourth-order valence-electron chi connectivity index (χ4n) is 1.09. The molecule has 102 valence electrons. The normalized spacial score (nSPS) is 13.4. The van der Waals surface area contributed by atoms with E-state index < -0.39 is 10.0 Å². The van der Waals surface area contributed by atoms with Gasteiger partial charge in [0.1, 0.15) is 0 Å². The molecule has 0 aromatic rings. The van der Waals surface area contributed by atoms with E-state index >= 15 is 0 Å². The van der Waals surface area contributed by atoms with Crippen molar-refractivity contribution < 1.29 is 13.2 Å². The van der Waals surface area contributed by atoms with Gasteiger partial charge in [-0.2, -0.15) is 0 Å². The van der Waals surface area contributed by atoms with Crippen molar-refractivity contribution in [2.75, 3.05) is 25.4 Å². The van der Waals surface area contributed by atoms with Crippen LogP contribution in [0.1, 0.15) is 27.2 Å². The third kappa shape index (κ3) is 9.08. The molecule has 0 aliphatic rings. The largest absolute Gasteiger partial charge is 0.354 e. The molecule has 7 heteroatoms. The number of carbonyl (C=O) groups is 1. The highest BCUT2D eigenvalue weighted by atomic mass is 32.2. The molecule has 0 saturated heterocycles. The average Bonchev–Trinajstić information content (AvgIpc) is 2.25. The molecule has 17 heavy (non-hydrogen) atoms. The minimum Gasteiger partial charge on any atom is -0.354 e. The monoisotopic (exact) mass is 265 g/mol. The second-order valence-corrected chi connectivity index (χ2v) is 5.78. The van der Waals surface area contributed by atoms with Gasteiger partial charge in [-0.1, -0.05) is 13.8 Å².